The summed E-state index contributed by atoms with van der Waals surface area (Å²) in [7, 11) is 0. The number of ketones is 1. The third kappa shape index (κ3) is 1.71. The Bertz CT molecular complexity index is 430. The standard InChI is InChI=1S/C14H20N2O/c1-13(2)11-5-4-10(16)7-14(11,3)6-9(8-15)12(13)17/h6,10-11H,4-5,7,16H2,1-3H3/t10-,11-,14+/m1/s1. The van der Waals surface area contributed by atoms with Crippen molar-refractivity contribution in [2.75, 3.05) is 0 Å². The van der Waals surface area contributed by atoms with E-state index in [1.165, 1.54) is 0 Å². The molecule has 2 rings (SSSR count). The number of rotatable bonds is 0. The second-order valence-corrected chi connectivity index (χ2v) is 6.32. The van der Waals surface area contributed by atoms with Crippen molar-refractivity contribution in [3.63, 3.8) is 0 Å². The van der Waals surface area contributed by atoms with E-state index in [2.05, 4.69) is 13.0 Å². The molecule has 0 aromatic carbocycles. The van der Waals surface area contributed by atoms with Gasteiger partial charge in [0.1, 0.15) is 6.07 Å². The minimum absolute atomic E-state index is 0.00190. The molecule has 0 amide bonds. The van der Waals surface area contributed by atoms with Gasteiger partial charge in [-0.05, 0) is 30.6 Å². The Kier molecular flexibility index (Phi) is 2.67. The number of fused-ring (bicyclic) bond motifs is 1. The minimum atomic E-state index is -0.436. The molecule has 0 heterocycles. The maximum absolute atomic E-state index is 12.2. The molecule has 3 heteroatoms. The SMILES string of the molecule is CC1(C)C(=O)C(C#N)=C[C@@]2(C)C[C@H](N)CC[C@H]12. The average molecular weight is 232 g/mol. The number of hydrogen-bond donors (Lipinski definition) is 1. The van der Waals surface area contributed by atoms with Crippen LogP contribution in [0.1, 0.15) is 40.0 Å². The van der Waals surface area contributed by atoms with Crippen LogP contribution in [0.15, 0.2) is 11.6 Å². The van der Waals surface area contributed by atoms with Gasteiger partial charge in [0, 0.05) is 11.5 Å². The van der Waals surface area contributed by atoms with Gasteiger partial charge in [0.05, 0.1) is 5.57 Å². The molecule has 1 fully saturated rings. The largest absolute Gasteiger partial charge is 0.328 e. The highest BCUT2D eigenvalue weighted by molar-refractivity contribution is 6.04. The number of hydrogen-bond acceptors (Lipinski definition) is 3. The van der Waals surface area contributed by atoms with Gasteiger partial charge >= 0.3 is 0 Å². The summed E-state index contributed by atoms with van der Waals surface area (Å²) in [5.41, 5.74) is 5.83. The third-order valence-corrected chi connectivity index (χ3v) is 4.62. The molecule has 92 valence electrons. The minimum Gasteiger partial charge on any atom is -0.328 e. The molecule has 2 aliphatic rings. The second kappa shape index (κ2) is 3.68. The summed E-state index contributed by atoms with van der Waals surface area (Å²) in [5.74, 6) is 0.303. The first-order valence-electron chi connectivity index (χ1n) is 6.24. The van der Waals surface area contributed by atoms with Crippen LogP contribution in [0, 0.1) is 28.1 Å². The highest BCUT2D eigenvalue weighted by Gasteiger charge is 2.52. The number of nitrogens with zero attached hydrogens (tertiary/aromatic N) is 1. The van der Waals surface area contributed by atoms with E-state index in [-0.39, 0.29) is 17.2 Å². The van der Waals surface area contributed by atoms with Crippen LogP contribution in [0.5, 0.6) is 0 Å². The first-order chi connectivity index (χ1) is 7.81. The van der Waals surface area contributed by atoms with Crippen LogP contribution >= 0.6 is 0 Å². The Labute approximate surface area is 103 Å². The Morgan fingerprint density at radius 3 is 2.65 bits per heavy atom. The van der Waals surface area contributed by atoms with Crippen LogP contribution in [0.4, 0.5) is 0 Å². The van der Waals surface area contributed by atoms with E-state index in [4.69, 9.17) is 11.0 Å². The maximum atomic E-state index is 12.2. The topological polar surface area (TPSA) is 66.9 Å². The van der Waals surface area contributed by atoms with Crippen molar-refractivity contribution in [3.8, 4) is 6.07 Å². The molecule has 3 nitrogen and oxygen atoms in total. The summed E-state index contributed by atoms with van der Waals surface area (Å²) in [5, 5.41) is 9.09. The quantitative estimate of drug-likeness (QED) is 0.696. The fraction of sp³-hybridized carbons (Fsp3) is 0.714. The molecular formula is C14H20N2O. The first kappa shape index (κ1) is 12.3. The van der Waals surface area contributed by atoms with Crippen LogP contribution in [0.2, 0.25) is 0 Å². The molecule has 0 aliphatic heterocycles. The summed E-state index contributed by atoms with van der Waals surface area (Å²) in [4.78, 5) is 12.2. The van der Waals surface area contributed by atoms with Gasteiger partial charge in [-0.25, -0.2) is 0 Å². The molecule has 0 aromatic heterocycles. The number of nitriles is 1. The molecule has 0 saturated heterocycles. The zero-order valence-electron chi connectivity index (χ0n) is 10.8. The van der Waals surface area contributed by atoms with Crippen molar-refractivity contribution in [2.24, 2.45) is 22.5 Å². The molecule has 2 N–H and O–H groups in total. The summed E-state index contributed by atoms with van der Waals surface area (Å²) in [6.07, 6.45) is 4.71. The van der Waals surface area contributed by atoms with Crippen molar-refractivity contribution in [2.45, 2.75) is 46.1 Å². The number of nitrogens with two attached hydrogens (primary N) is 1. The Balaban J connectivity index is 2.51. The predicted octanol–water partition coefficient (Wildman–Crippen LogP) is 2.18. The number of carbonyl (C=O) groups excluding carboxylic acids is 1. The fourth-order valence-corrected chi connectivity index (χ4v) is 3.85. The van der Waals surface area contributed by atoms with Crippen molar-refractivity contribution in [1.82, 2.24) is 0 Å². The Hall–Kier alpha value is -1.14. The van der Waals surface area contributed by atoms with Crippen molar-refractivity contribution < 1.29 is 4.79 Å². The van der Waals surface area contributed by atoms with Gasteiger partial charge in [-0.3, -0.25) is 4.79 Å². The van der Waals surface area contributed by atoms with E-state index in [1.807, 2.05) is 19.9 Å². The molecule has 17 heavy (non-hydrogen) atoms. The van der Waals surface area contributed by atoms with Crippen molar-refractivity contribution in [3.05, 3.63) is 11.6 Å². The van der Waals surface area contributed by atoms with Crippen LogP contribution < -0.4 is 5.73 Å². The molecule has 2 aliphatic carbocycles. The molecule has 0 spiro atoms. The van der Waals surface area contributed by atoms with Crippen LogP contribution in [-0.2, 0) is 4.79 Å². The number of Topliss-reactive ketones (excluding diaryl/α,β-unsaturated/α-hetero) is 1. The monoisotopic (exact) mass is 232 g/mol. The summed E-state index contributed by atoms with van der Waals surface area (Å²) < 4.78 is 0. The number of carbonyl (C=O) groups is 1. The van der Waals surface area contributed by atoms with Gasteiger partial charge in [0.15, 0.2) is 5.78 Å². The number of allylic oxidation sites excluding steroid dienone is 2. The van der Waals surface area contributed by atoms with Gasteiger partial charge < -0.3 is 5.73 Å². The molecule has 0 aromatic rings. The van der Waals surface area contributed by atoms with Crippen LogP contribution in [0.25, 0.3) is 0 Å². The average Bonchev–Trinajstić information content (AvgIpc) is 2.23. The van der Waals surface area contributed by atoms with Gasteiger partial charge in [-0.2, -0.15) is 5.26 Å². The van der Waals surface area contributed by atoms with E-state index in [0.29, 0.717) is 11.5 Å². The van der Waals surface area contributed by atoms with E-state index >= 15 is 0 Å². The highest BCUT2D eigenvalue weighted by Crippen LogP contribution is 2.54. The van der Waals surface area contributed by atoms with Crippen molar-refractivity contribution in [1.29, 1.82) is 5.26 Å². The predicted molar refractivity (Wildman–Crippen MR) is 65.9 cm³/mol. The van der Waals surface area contributed by atoms with Crippen molar-refractivity contribution >= 4 is 5.78 Å². The molecule has 0 radical (unpaired) electrons. The zero-order valence-corrected chi connectivity index (χ0v) is 10.8. The molecule has 1 saturated carbocycles. The van der Waals surface area contributed by atoms with Gasteiger partial charge in [-0.15, -0.1) is 0 Å². The third-order valence-electron chi connectivity index (χ3n) is 4.62. The zero-order chi connectivity index (χ0) is 12.8. The highest BCUT2D eigenvalue weighted by atomic mass is 16.1. The molecule has 0 unspecified atom stereocenters. The van der Waals surface area contributed by atoms with E-state index < -0.39 is 5.41 Å². The lowest BCUT2D eigenvalue weighted by Gasteiger charge is -2.51. The van der Waals surface area contributed by atoms with Gasteiger partial charge in [0.25, 0.3) is 0 Å². The lowest BCUT2D eigenvalue weighted by atomic mass is 9.52. The van der Waals surface area contributed by atoms with E-state index in [9.17, 15) is 4.79 Å². The maximum Gasteiger partial charge on any atom is 0.178 e. The Morgan fingerprint density at radius 2 is 2.06 bits per heavy atom. The summed E-state index contributed by atoms with van der Waals surface area (Å²) in [6.45, 7) is 6.08. The molecule has 3 atom stereocenters. The van der Waals surface area contributed by atoms with Gasteiger partial charge in [0.2, 0.25) is 0 Å². The summed E-state index contributed by atoms with van der Waals surface area (Å²) >= 11 is 0. The lowest BCUT2D eigenvalue weighted by Crippen LogP contribution is -2.51. The van der Waals surface area contributed by atoms with Gasteiger partial charge in [-0.1, -0.05) is 26.8 Å². The molecular weight excluding hydrogens is 212 g/mol. The van der Waals surface area contributed by atoms with E-state index in [0.717, 1.165) is 19.3 Å². The van der Waals surface area contributed by atoms with Crippen LogP contribution in [0.3, 0.4) is 0 Å². The normalized spacial score (nSPS) is 40.2. The van der Waals surface area contributed by atoms with Crippen LogP contribution in [-0.4, -0.2) is 11.8 Å². The lowest BCUT2D eigenvalue weighted by molar-refractivity contribution is -0.131. The first-order valence-corrected chi connectivity index (χ1v) is 6.24. The Morgan fingerprint density at radius 1 is 1.41 bits per heavy atom. The second-order valence-electron chi connectivity index (χ2n) is 6.32. The summed E-state index contributed by atoms with van der Waals surface area (Å²) in [6, 6.07) is 2.24. The fourth-order valence-electron chi connectivity index (χ4n) is 3.85. The smallest absolute Gasteiger partial charge is 0.178 e. The van der Waals surface area contributed by atoms with E-state index in [1.54, 1.807) is 0 Å². The molecule has 0 bridgehead atoms.